The number of carbonyl (C=O) groups is 1. The van der Waals surface area contributed by atoms with Crippen LogP contribution < -0.4 is 4.74 Å². The van der Waals surface area contributed by atoms with E-state index in [1.165, 1.54) is 12.1 Å². The van der Waals surface area contributed by atoms with Gasteiger partial charge in [-0.1, -0.05) is 16.8 Å². The van der Waals surface area contributed by atoms with Crippen molar-refractivity contribution in [1.82, 2.24) is 15.4 Å². The van der Waals surface area contributed by atoms with E-state index in [1.54, 1.807) is 0 Å². The predicted octanol–water partition coefficient (Wildman–Crippen LogP) is 2.09. The average Bonchev–Trinajstić information content (AvgIpc) is 2.72. The first-order valence-corrected chi connectivity index (χ1v) is 4.73. The molecule has 17 heavy (non-hydrogen) atoms. The Hall–Kier alpha value is -2.15. The van der Waals surface area contributed by atoms with E-state index in [0.29, 0.717) is 0 Å². The highest BCUT2D eigenvalue weighted by atomic mass is 35.5. The van der Waals surface area contributed by atoms with Gasteiger partial charge in [0, 0.05) is 6.07 Å². The summed E-state index contributed by atoms with van der Waals surface area (Å²) < 4.78 is 18.0. The van der Waals surface area contributed by atoms with Gasteiger partial charge >= 0.3 is 5.97 Å². The fourth-order valence-corrected chi connectivity index (χ4v) is 1.26. The molecule has 0 saturated carbocycles. The van der Waals surface area contributed by atoms with Crippen molar-refractivity contribution in [3.05, 3.63) is 34.7 Å². The average molecular weight is 258 g/mol. The van der Waals surface area contributed by atoms with Gasteiger partial charge in [-0.05, 0) is 12.1 Å². The molecule has 6 nitrogen and oxygen atoms in total. The minimum absolute atomic E-state index is 0.133. The molecule has 0 unspecified atom stereocenters. The molecule has 1 heterocycles. The summed E-state index contributed by atoms with van der Waals surface area (Å²) in [6, 6.07) is 3.61. The largest absolute Gasteiger partial charge is 0.476 e. The number of rotatable bonds is 3. The van der Waals surface area contributed by atoms with Crippen molar-refractivity contribution in [3.63, 3.8) is 0 Å². The van der Waals surface area contributed by atoms with Crippen molar-refractivity contribution in [2.45, 2.75) is 0 Å². The van der Waals surface area contributed by atoms with Crippen LogP contribution in [0.2, 0.25) is 5.02 Å². The van der Waals surface area contributed by atoms with Crippen LogP contribution in [0.25, 0.3) is 0 Å². The van der Waals surface area contributed by atoms with Crippen LogP contribution in [0.15, 0.2) is 18.2 Å². The van der Waals surface area contributed by atoms with E-state index in [0.717, 1.165) is 6.07 Å². The number of carboxylic acids is 1. The Morgan fingerprint density at radius 1 is 1.53 bits per heavy atom. The number of nitrogens with one attached hydrogen (secondary N) is 1. The molecular weight excluding hydrogens is 253 g/mol. The normalized spacial score (nSPS) is 10.2. The van der Waals surface area contributed by atoms with Gasteiger partial charge in [-0.25, -0.2) is 14.3 Å². The van der Waals surface area contributed by atoms with Crippen molar-refractivity contribution in [2.75, 3.05) is 0 Å². The van der Waals surface area contributed by atoms with Crippen LogP contribution in [-0.2, 0) is 0 Å². The molecule has 2 rings (SSSR count). The van der Waals surface area contributed by atoms with Crippen LogP contribution in [0, 0.1) is 5.82 Å². The first kappa shape index (κ1) is 11.3. The third kappa shape index (κ3) is 2.34. The lowest BCUT2D eigenvalue weighted by Crippen LogP contribution is -1.99. The van der Waals surface area contributed by atoms with Crippen LogP contribution in [0.5, 0.6) is 11.6 Å². The van der Waals surface area contributed by atoms with Crippen molar-refractivity contribution in [1.29, 1.82) is 0 Å². The Morgan fingerprint density at radius 2 is 2.29 bits per heavy atom. The maximum Gasteiger partial charge on any atom is 0.362 e. The molecule has 0 aliphatic carbocycles. The molecule has 2 aromatic rings. The van der Waals surface area contributed by atoms with Crippen molar-refractivity contribution < 1.29 is 19.0 Å². The van der Waals surface area contributed by atoms with Gasteiger partial charge < -0.3 is 9.84 Å². The molecule has 0 saturated heterocycles. The quantitative estimate of drug-likeness (QED) is 0.879. The van der Waals surface area contributed by atoms with E-state index in [2.05, 4.69) is 15.4 Å². The molecule has 8 heteroatoms. The molecule has 1 aromatic heterocycles. The number of aromatic nitrogens is 3. The van der Waals surface area contributed by atoms with Gasteiger partial charge in [0.2, 0.25) is 5.69 Å². The Kier molecular flexibility index (Phi) is 2.92. The molecule has 88 valence electrons. The van der Waals surface area contributed by atoms with Gasteiger partial charge in [0.25, 0.3) is 5.88 Å². The second-order valence-corrected chi connectivity index (χ2v) is 3.38. The Labute approximate surface area is 99.0 Å². The van der Waals surface area contributed by atoms with E-state index in [4.69, 9.17) is 21.4 Å². The number of hydrogen-bond donors (Lipinski definition) is 2. The third-order valence-corrected chi connectivity index (χ3v) is 2.12. The number of ether oxygens (including phenoxy) is 1. The zero-order chi connectivity index (χ0) is 12.4. The van der Waals surface area contributed by atoms with Crippen LogP contribution >= 0.6 is 11.6 Å². The van der Waals surface area contributed by atoms with Crippen molar-refractivity contribution >= 4 is 17.6 Å². The number of aromatic amines is 1. The predicted molar refractivity (Wildman–Crippen MR) is 54.8 cm³/mol. The third-order valence-electron chi connectivity index (χ3n) is 1.83. The molecule has 0 atom stereocenters. The highest BCUT2D eigenvalue weighted by Crippen LogP contribution is 2.26. The van der Waals surface area contributed by atoms with E-state index in [1.807, 2.05) is 0 Å². The van der Waals surface area contributed by atoms with E-state index in [9.17, 15) is 9.18 Å². The highest BCUT2D eigenvalue weighted by Gasteiger charge is 2.17. The number of H-pyrrole nitrogens is 1. The summed E-state index contributed by atoms with van der Waals surface area (Å²) in [6.07, 6.45) is 0. The number of benzene rings is 1. The molecule has 0 aliphatic rings. The zero-order valence-corrected chi connectivity index (χ0v) is 8.90. The molecule has 0 bridgehead atoms. The van der Waals surface area contributed by atoms with Gasteiger partial charge in [-0.15, -0.1) is 5.10 Å². The topological polar surface area (TPSA) is 88.1 Å². The SMILES string of the molecule is O=C(O)c1nn[nH]c1Oc1ccc(F)c(Cl)c1. The summed E-state index contributed by atoms with van der Waals surface area (Å²) in [6.45, 7) is 0. The summed E-state index contributed by atoms with van der Waals surface area (Å²) in [4.78, 5) is 10.7. The van der Waals surface area contributed by atoms with Crippen LogP contribution in [0.1, 0.15) is 10.5 Å². The number of hydrogen-bond acceptors (Lipinski definition) is 4. The summed E-state index contributed by atoms with van der Waals surface area (Å²) in [7, 11) is 0. The Balaban J connectivity index is 2.28. The smallest absolute Gasteiger partial charge is 0.362 e. The molecule has 0 fully saturated rings. The summed E-state index contributed by atoms with van der Waals surface area (Å²) >= 11 is 5.54. The summed E-state index contributed by atoms with van der Waals surface area (Å²) in [5, 5.41) is 17.5. The molecule has 1 aromatic carbocycles. The number of carboxylic acid groups (broad SMARTS) is 1. The molecular formula is C9H5ClFN3O3. The minimum Gasteiger partial charge on any atom is -0.476 e. The Bertz CT molecular complexity index is 572. The lowest BCUT2D eigenvalue weighted by atomic mass is 10.3. The first-order chi connectivity index (χ1) is 8.08. The fourth-order valence-electron chi connectivity index (χ4n) is 1.09. The molecule has 0 aliphatic heterocycles. The number of aromatic carboxylic acids is 1. The van der Waals surface area contributed by atoms with Gasteiger partial charge in [-0.3, -0.25) is 0 Å². The zero-order valence-electron chi connectivity index (χ0n) is 8.15. The van der Waals surface area contributed by atoms with E-state index < -0.39 is 11.8 Å². The van der Waals surface area contributed by atoms with Crippen LogP contribution in [-0.4, -0.2) is 26.5 Å². The molecule has 2 N–H and O–H groups in total. The van der Waals surface area contributed by atoms with Crippen LogP contribution in [0.4, 0.5) is 4.39 Å². The standard InChI is InChI=1S/C9H5ClFN3O3/c10-5-3-4(1-2-6(5)11)17-8-7(9(15)16)12-14-13-8/h1-3H,(H,15,16)(H,12,13,14). The van der Waals surface area contributed by atoms with Gasteiger partial charge in [-0.2, -0.15) is 0 Å². The van der Waals surface area contributed by atoms with Gasteiger partial charge in [0.15, 0.2) is 0 Å². The summed E-state index contributed by atoms with van der Waals surface area (Å²) in [5.74, 6) is -1.87. The minimum atomic E-state index is -1.29. The molecule has 0 spiro atoms. The van der Waals surface area contributed by atoms with E-state index in [-0.39, 0.29) is 22.3 Å². The first-order valence-electron chi connectivity index (χ1n) is 4.35. The fraction of sp³-hybridized carbons (Fsp3) is 0. The maximum absolute atomic E-state index is 12.9. The molecule has 0 radical (unpaired) electrons. The second kappa shape index (κ2) is 4.38. The van der Waals surface area contributed by atoms with Crippen molar-refractivity contribution in [3.8, 4) is 11.6 Å². The second-order valence-electron chi connectivity index (χ2n) is 2.97. The maximum atomic E-state index is 12.9. The van der Waals surface area contributed by atoms with Gasteiger partial charge in [0.1, 0.15) is 11.6 Å². The van der Waals surface area contributed by atoms with Gasteiger partial charge in [0.05, 0.1) is 5.02 Å². The van der Waals surface area contributed by atoms with Crippen LogP contribution in [0.3, 0.4) is 0 Å². The number of nitrogens with zero attached hydrogens (tertiary/aromatic N) is 2. The Morgan fingerprint density at radius 3 is 2.94 bits per heavy atom. The number of halogens is 2. The lowest BCUT2D eigenvalue weighted by molar-refractivity contribution is 0.0687. The summed E-state index contributed by atoms with van der Waals surface area (Å²) in [5.41, 5.74) is -0.370. The lowest BCUT2D eigenvalue weighted by Gasteiger charge is -2.03. The van der Waals surface area contributed by atoms with E-state index >= 15 is 0 Å². The van der Waals surface area contributed by atoms with Crippen molar-refractivity contribution in [2.24, 2.45) is 0 Å². The highest BCUT2D eigenvalue weighted by molar-refractivity contribution is 6.30. The molecule has 0 amide bonds. The monoisotopic (exact) mass is 257 g/mol.